The van der Waals surface area contributed by atoms with Gasteiger partial charge >= 0.3 is 0 Å². The molecule has 23 heavy (non-hydrogen) atoms. The lowest BCUT2D eigenvalue weighted by molar-refractivity contribution is -0.146. The summed E-state index contributed by atoms with van der Waals surface area (Å²) in [5.41, 5.74) is 1.24. The van der Waals surface area contributed by atoms with Crippen LogP contribution in [0.3, 0.4) is 0 Å². The molecule has 0 N–H and O–H groups in total. The van der Waals surface area contributed by atoms with E-state index in [-0.39, 0.29) is 11.5 Å². The van der Waals surface area contributed by atoms with Crippen molar-refractivity contribution in [1.82, 2.24) is 19.6 Å². The van der Waals surface area contributed by atoms with E-state index in [1.165, 1.54) is 5.56 Å². The van der Waals surface area contributed by atoms with Gasteiger partial charge < -0.3 is 9.64 Å². The van der Waals surface area contributed by atoms with E-state index in [2.05, 4.69) is 16.2 Å². The van der Waals surface area contributed by atoms with Crippen molar-refractivity contribution in [1.29, 1.82) is 0 Å². The molecular weight excluding hydrogens is 292 g/mol. The van der Waals surface area contributed by atoms with E-state index in [0.29, 0.717) is 6.04 Å². The molecule has 1 aromatic heterocycles. The smallest absolute Gasteiger partial charge is 0.219 e. The molecule has 128 valence electrons. The maximum atomic E-state index is 11.6. The van der Waals surface area contributed by atoms with Crippen molar-refractivity contribution in [3.8, 4) is 0 Å². The third-order valence-corrected chi connectivity index (χ3v) is 5.44. The fourth-order valence-electron chi connectivity index (χ4n) is 3.87. The Morgan fingerprint density at radius 1 is 1.48 bits per heavy atom. The Bertz CT molecular complexity index is 549. The number of carbonyl (C=O) groups excluding carboxylic acids is 1. The number of amides is 1. The van der Waals surface area contributed by atoms with Crippen molar-refractivity contribution in [2.75, 3.05) is 26.7 Å². The number of ether oxygens (including phenoxy) is 1. The zero-order valence-corrected chi connectivity index (χ0v) is 14.5. The van der Waals surface area contributed by atoms with Crippen molar-refractivity contribution in [3.63, 3.8) is 0 Å². The van der Waals surface area contributed by atoms with Crippen LogP contribution in [0.1, 0.15) is 38.2 Å². The molecule has 0 aromatic carbocycles. The molecule has 1 amide bonds. The summed E-state index contributed by atoms with van der Waals surface area (Å²) in [6.45, 7) is 5.47. The topological polar surface area (TPSA) is 50.6 Å². The normalized spacial score (nSPS) is 24.7. The van der Waals surface area contributed by atoms with Crippen LogP contribution in [0.15, 0.2) is 12.4 Å². The first-order valence-corrected chi connectivity index (χ1v) is 8.55. The van der Waals surface area contributed by atoms with Gasteiger partial charge in [-0.25, -0.2) is 0 Å². The van der Waals surface area contributed by atoms with Crippen molar-refractivity contribution in [3.05, 3.63) is 18.0 Å². The number of hydrogen-bond acceptors (Lipinski definition) is 4. The molecule has 2 fully saturated rings. The number of likely N-dealkylation sites (tertiary alicyclic amines) is 1. The van der Waals surface area contributed by atoms with Gasteiger partial charge in [0.05, 0.1) is 11.8 Å². The van der Waals surface area contributed by atoms with E-state index in [4.69, 9.17) is 4.74 Å². The molecule has 1 spiro atoms. The summed E-state index contributed by atoms with van der Waals surface area (Å²) in [5, 5.41) is 4.24. The van der Waals surface area contributed by atoms with Gasteiger partial charge in [0.1, 0.15) is 0 Å². The maximum Gasteiger partial charge on any atom is 0.219 e. The summed E-state index contributed by atoms with van der Waals surface area (Å²) in [4.78, 5) is 16.0. The second-order valence-corrected chi connectivity index (χ2v) is 7.11. The molecule has 2 aliphatic heterocycles. The molecule has 0 aliphatic carbocycles. The van der Waals surface area contributed by atoms with Gasteiger partial charge in [-0.15, -0.1) is 0 Å². The second kappa shape index (κ2) is 6.61. The third-order valence-electron chi connectivity index (χ3n) is 5.44. The number of aromatic nitrogens is 2. The average molecular weight is 320 g/mol. The van der Waals surface area contributed by atoms with E-state index >= 15 is 0 Å². The fraction of sp³-hybridized carbons (Fsp3) is 0.765. The summed E-state index contributed by atoms with van der Waals surface area (Å²) < 4.78 is 8.04. The predicted octanol–water partition coefficient (Wildman–Crippen LogP) is 1.41. The molecule has 1 unspecified atom stereocenters. The highest BCUT2D eigenvalue weighted by Crippen LogP contribution is 2.36. The van der Waals surface area contributed by atoms with Crippen LogP contribution in [0.4, 0.5) is 0 Å². The average Bonchev–Trinajstić information content (AvgIpc) is 2.94. The van der Waals surface area contributed by atoms with Crippen molar-refractivity contribution >= 4 is 5.91 Å². The fourth-order valence-corrected chi connectivity index (χ4v) is 3.87. The minimum Gasteiger partial charge on any atom is -0.375 e. The number of piperidine rings is 1. The first-order valence-electron chi connectivity index (χ1n) is 8.55. The lowest BCUT2D eigenvalue weighted by Gasteiger charge is -2.47. The van der Waals surface area contributed by atoms with Crippen LogP contribution in [-0.4, -0.2) is 63.9 Å². The largest absolute Gasteiger partial charge is 0.375 e. The molecule has 3 heterocycles. The number of aryl methyl sites for hydroxylation is 1. The Balaban J connectivity index is 1.55. The first kappa shape index (κ1) is 16.5. The van der Waals surface area contributed by atoms with Gasteiger partial charge in [0, 0.05) is 65.1 Å². The molecule has 2 saturated heterocycles. The Morgan fingerprint density at radius 2 is 2.22 bits per heavy atom. The van der Waals surface area contributed by atoms with E-state index in [1.54, 1.807) is 6.92 Å². The molecule has 0 bridgehead atoms. The molecule has 2 aliphatic rings. The highest BCUT2D eigenvalue weighted by molar-refractivity contribution is 5.73. The zero-order valence-electron chi connectivity index (χ0n) is 14.5. The molecule has 6 heteroatoms. The molecule has 6 nitrogen and oxygen atoms in total. The predicted molar refractivity (Wildman–Crippen MR) is 87.9 cm³/mol. The van der Waals surface area contributed by atoms with E-state index in [9.17, 15) is 4.79 Å². The van der Waals surface area contributed by atoms with E-state index in [0.717, 1.165) is 51.9 Å². The van der Waals surface area contributed by atoms with Crippen LogP contribution in [-0.2, 0) is 23.1 Å². The van der Waals surface area contributed by atoms with Crippen LogP contribution in [0, 0.1) is 0 Å². The molecule has 1 aromatic rings. The number of nitrogens with zero attached hydrogens (tertiary/aromatic N) is 4. The van der Waals surface area contributed by atoms with Crippen molar-refractivity contribution in [2.24, 2.45) is 7.05 Å². The van der Waals surface area contributed by atoms with Gasteiger partial charge in [-0.05, 0) is 25.7 Å². The van der Waals surface area contributed by atoms with Crippen molar-refractivity contribution < 1.29 is 9.53 Å². The SMILES string of the molecule is CC(=O)N(C)C1CCOC2(CCN(Cc3cnn(C)c3)CC2)C1. The lowest BCUT2D eigenvalue weighted by Crippen LogP contribution is -2.53. The first-order chi connectivity index (χ1) is 11.0. The van der Waals surface area contributed by atoms with Crippen LogP contribution in [0.25, 0.3) is 0 Å². The standard InChI is InChI=1S/C17H28N4O2/c1-14(22)20(3)16-4-9-23-17(10-16)5-7-21(8-6-17)13-15-11-18-19(2)12-15/h11-12,16H,4-10,13H2,1-3H3. The molecular formula is C17H28N4O2. The highest BCUT2D eigenvalue weighted by Gasteiger charge is 2.41. The minimum atomic E-state index is -0.0297. The summed E-state index contributed by atoms with van der Waals surface area (Å²) in [6.07, 6.45) is 8.06. The van der Waals surface area contributed by atoms with Gasteiger partial charge in [0.2, 0.25) is 5.91 Å². The molecule has 0 saturated carbocycles. The summed E-state index contributed by atoms with van der Waals surface area (Å²) in [6, 6.07) is 0.325. The van der Waals surface area contributed by atoms with Crippen LogP contribution < -0.4 is 0 Å². The number of rotatable bonds is 3. The Kier molecular flexibility index (Phi) is 4.73. The molecule has 3 rings (SSSR count). The molecule has 1 atom stereocenters. The summed E-state index contributed by atoms with van der Waals surface area (Å²) >= 11 is 0. The van der Waals surface area contributed by atoms with Gasteiger partial charge in [-0.1, -0.05) is 0 Å². The quantitative estimate of drug-likeness (QED) is 0.845. The number of carbonyl (C=O) groups is 1. The summed E-state index contributed by atoms with van der Waals surface area (Å²) in [7, 11) is 3.87. The minimum absolute atomic E-state index is 0.0297. The third kappa shape index (κ3) is 3.75. The highest BCUT2D eigenvalue weighted by atomic mass is 16.5. The van der Waals surface area contributed by atoms with Crippen LogP contribution >= 0.6 is 0 Å². The van der Waals surface area contributed by atoms with Gasteiger partial charge in [0.15, 0.2) is 0 Å². The van der Waals surface area contributed by atoms with Gasteiger partial charge in [-0.2, -0.15) is 5.10 Å². The van der Waals surface area contributed by atoms with E-state index in [1.807, 2.05) is 29.9 Å². The van der Waals surface area contributed by atoms with Crippen LogP contribution in [0.2, 0.25) is 0 Å². The zero-order chi connectivity index (χ0) is 16.4. The Hall–Kier alpha value is -1.40. The van der Waals surface area contributed by atoms with Crippen molar-refractivity contribution in [2.45, 2.75) is 50.8 Å². The van der Waals surface area contributed by atoms with Crippen LogP contribution in [0.5, 0.6) is 0 Å². The number of hydrogen-bond donors (Lipinski definition) is 0. The van der Waals surface area contributed by atoms with Gasteiger partial charge in [0.25, 0.3) is 0 Å². The molecule has 0 radical (unpaired) electrons. The second-order valence-electron chi connectivity index (χ2n) is 7.11. The monoisotopic (exact) mass is 320 g/mol. The van der Waals surface area contributed by atoms with E-state index < -0.39 is 0 Å². The maximum absolute atomic E-state index is 11.6. The lowest BCUT2D eigenvalue weighted by atomic mass is 9.82. The Morgan fingerprint density at radius 3 is 2.83 bits per heavy atom. The Labute approximate surface area is 138 Å². The summed E-state index contributed by atoms with van der Waals surface area (Å²) in [5.74, 6) is 0.154. The van der Waals surface area contributed by atoms with Gasteiger partial charge in [-0.3, -0.25) is 14.4 Å².